The number of hydrogen-bond acceptors (Lipinski definition) is 4. The Balaban J connectivity index is 1.99. The third-order valence-corrected chi connectivity index (χ3v) is 3.45. The van der Waals surface area contributed by atoms with Crippen LogP contribution in [0.5, 0.6) is 17.2 Å². The molecule has 0 radical (unpaired) electrons. The van der Waals surface area contributed by atoms with Gasteiger partial charge in [-0.1, -0.05) is 13.3 Å². The maximum absolute atomic E-state index is 6.10. The minimum Gasteiger partial charge on any atom is -0.496 e. The molecule has 1 aromatic rings. The van der Waals surface area contributed by atoms with Crippen LogP contribution in [0.25, 0.3) is 0 Å². The number of rotatable bonds is 9. The zero-order valence-corrected chi connectivity index (χ0v) is 12.6. The van der Waals surface area contributed by atoms with E-state index in [-0.39, 0.29) is 6.10 Å². The zero-order valence-electron chi connectivity index (χ0n) is 12.6. The Bertz CT molecular complexity index is 396. The van der Waals surface area contributed by atoms with Crippen molar-refractivity contribution >= 4 is 0 Å². The number of nitrogens with one attached hydrogen (secondary N) is 1. The lowest BCUT2D eigenvalue weighted by Gasteiger charge is -2.20. The smallest absolute Gasteiger partial charge is 0.127 e. The van der Waals surface area contributed by atoms with Gasteiger partial charge in [-0.3, -0.25) is 0 Å². The summed E-state index contributed by atoms with van der Waals surface area (Å²) in [7, 11) is 3.30. The molecule has 1 N–H and O–H groups in total. The molecule has 2 rings (SSSR count). The van der Waals surface area contributed by atoms with Crippen LogP contribution in [-0.4, -0.2) is 32.9 Å². The van der Waals surface area contributed by atoms with E-state index in [2.05, 4.69) is 12.2 Å². The Morgan fingerprint density at radius 2 is 1.70 bits per heavy atom. The summed E-state index contributed by atoms with van der Waals surface area (Å²) in [6.07, 6.45) is 4.94. The van der Waals surface area contributed by atoms with Crippen LogP contribution in [0, 0.1) is 0 Å². The highest BCUT2D eigenvalue weighted by atomic mass is 16.5. The minimum atomic E-state index is 0.192. The van der Waals surface area contributed by atoms with E-state index in [1.807, 2.05) is 18.2 Å². The van der Waals surface area contributed by atoms with Crippen LogP contribution in [0.2, 0.25) is 0 Å². The summed E-state index contributed by atoms with van der Waals surface area (Å²) in [5.74, 6) is 2.31. The van der Waals surface area contributed by atoms with E-state index in [1.165, 1.54) is 12.8 Å². The van der Waals surface area contributed by atoms with Gasteiger partial charge in [0, 0.05) is 30.8 Å². The molecule has 1 fully saturated rings. The van der Waals surface area contributed by atoms with Crippen LogP contribution >= 0.6 is 0 Å². The summed E-state index contributed by atoms with van der Waals surface area (Å²) >= 11 is 0. The average Bonchev–Trinajstić information content (AvgIpc) is 3.28. The quantitative estimate of drug-likeness (QED) is 0.754. The molecule has 0 aromatic heterocycles. The molecule has 0 spiro atoms. The van der Waals surface area contributed by atoms with Gasteiger partial charge in [0.05, 0.1) is 14.2 Å². The Labute approximate surface area is 121 Å². The van der Waals surface area contributed by atoms with Gasteiger partial charge in [-0.05, 0) is 19.3 Å². The van der Waals surface area contributed by atoms with Crippen molar-refractivity contribution in [3.05, 3.63) is 18.2 Å². The van der Waals surface area contributed by atoms with Gasteiger partial charge < -0.3 is 19.5 Å². The highest BCUT2D eigenvalue weighted by Gasteiger charge is 2.22. The van der Waals surface area contributed by atoms with Crippen molar-refractivity contribution in [2.45, 2.75) is 44.8 Å². The maximum atomic E-state index is 6.10. The van der Waals surface area contributed by atoms with E-state index in [4.69, 9.17) is 14.2 Å². The first-order valence-corrected chi connectivity index (χ1v) is 7.38. The van der Waals surface area contributed by atoms with Crippen LogP contribution in [0.1, 0.15) is 32.6 Å². The van der Waals surface area contributed by atoms with Crippen LogP contribution < -0.4 is 19.5 Å². The molecule has 1 atom stereocenters. The highest BCUT2D eigenvalue weighted by molar-refractivity contribution is 5.42. The normalized spacial score (nSPS) is 15.8. The SMILES string of the molecule is CCCC(CNC1CC1)Oc1cc(OC)cc(OC)c1. The second-order valence-electron chi connectivity index (χ2n) is 5.26. The molecule has 0 saturated heterocycles. The lowest BCUT2D eigenvalue weighted by atomic mass is 10.2. The van der Waals surface area contributed by atoms with E-state index >= 15 is 0 Å². The largest absolute Gasteiger partial charge is 0.496 e. The molecule has 1 saturated carbocycles. The lowest BCUT2D eigenvalue weighted by molar-refractivity contribution is 0.184. The number of hydrogen-bond donors (Lipinski definition) is 1. The standard InChI is InChI=1S/C16H25NO3/c1-4-5-13(11-17-12-6-7-12)20-16-9-14(18-2)8-15(10-16)19-3/h8-10,12-13,17H,4-7,11H2,1-3H3. The van der Waals surface area contributed by atoms with Crippen LogP contribution in [-0.2, 0) is 0 Å². The summed E-state index contributed by atoms with van der Waals surface area (Å²) in [6.45, 7) is 3.08. The second kappa shape index (κ2) is 7.39. The Kier molecular flexibility index (Phi) is 5.53. The predicted molar refractivity (Wildman–Crippen MR) is 79.9 cm³/mol. The molecule has 1 aliphatic rings. The summed E-state index contributed by atoms with van der Waals surface area (Å²) in [5.41, 5.74) is 0. The molecule has 4 heteroatoms. The van der Waals surface area contributed by atoms with Gasteiger partial charge in [-0.15, -0.1) is 0 Å². The average molecular weight is 279 g/mol. The molecule has 0 bridgehead atoms. The van der Waals surface area contributed by atoms with Crippen molar-refractivity contribution in [2.24, 2.45) is 0 Å². The number of ether oxygens (including phenoxy) is 3. The van der Waals surface area contributed by atoms with Crippen LogP contribution in [0.3, 0.4) is 0 Å². The monoisotopic (exact) mass is 279 g/mol. The fourth-order valence-corrected chi connectivity index (χ4v) is 2.15. The van der Waals surface area contributed by atoms with Gasteiger partial charge in [-0.2, -0.15) is 0 Å². The summed E-state index contributed by atoms with van der Waals surface area (Å²) in [5, 5.41) is 3.53. The second-order valence-corrected chi connectivity index (χ2v) is 5.26. The lowest BCUT2D eigenvalue weighted by Crippen LogP contribution is -2.32. The van der Waals surface area contributed by atoms with E-state index in [0.29, 0.717) is 6.04 Å². The van der Waals surface area contributed by atoms with Crippen molar-refractivity contribution in [1.29, 1.82) is 0 Å². The number of benzene rings is 1. The minimum absolute atomic E-state index is 0.192. The topological polar surface area (TPSA) is 39.7 Å². The van der Waals surface area contributed by atoms with Crippen molar-refractivity contribution in [3.63, 3.8) is 0 Å². The summed E-state index contributed by atoms with van der Waals surface area (Å²) < 4.78 is 16.6. The molecular formula is C16H25NO3. The maximum Gasteiger partial charge on any atom is 0.127 e. The van der Waals surface area contributed by atoms with Crippen LogP contribution in [0.15, 0.2) is 18.2 Å². The third-order valence-electron chi connectivity index (χ3n) is 3.45. The first-order chi connectivity index (χ1) is 9.75. The summed E-state index contributed by atoms with van der Waals surface area (Å²) in [6, 6.07) is 6.37. The molecule has 1 unspecified atom stereocenters. The highest BCUT2D eigenvalue weighted by Crippen LogP contribution is 2.28. The predicted octanol–water partition coefficient (Wildman–Crippen LogP) is 3.00. The number of methoxy groups -OCH3 is 2. The van der Waals surface area contributed by atoms with Crippen molar-refractivity contribution in [3.8, 4) is 17.2 Å². The van der Waals surface area contributed by atoms with Crippen molar-refractivity contribution < 1.29 is 14.2 Å². The first kappa shape index (κ1) is 15.0. The Morgan fingerprint density at radius 1 is 1.10 bits per heavy atom. The van der Waals surface area contributed by atoms with E-state index in [1.54, 1.807) is 14.2 Å². The van der Waals surface area contributed by atoms with E-state index < -0.39 is 0 Å². The fraction of sp³-hybridized carbons (Fsp3) is 0.625. The van der Waals surface area contributed by atoms with E-state index in [0.717, 1.165) is 36.6 Å². The molecule has 1 aliphatic carbocycles. The zero-order chi connectivity index (χ0) is 14.4. The third kappa shape index (κ3) is 4.60. The van der Waals surface area contributed by atoms with Crippen molar-refractivity contribution in [2.75, 3.05) is 20.8 Å². The molecule has 0 amide bonds. The van der Waals surface area contributed by atoms with Gasteiger partial charge >= 0.3 is 0 Å². The molecular weight excluding hydrogens is 254 g/mol. The molecule has 112 valence electrons. The molecule has 1 aromatic carbocycles. The van der Waals surface area contributed by atoms with Gasteiger partial charge in [0.2, 0.25) is 0 Å². The molecule has 4 nitrogen and oxygen atoms in total. The van der Waals surface area contributed by atoms with Crippen molar-refractivity contribution in [1.82, 2.24) is 5.32 Å². The fourth-order valence-electron chi connectivity index (χ4n) is 2.15. The summed E-state index contributed by atoms with van der Waals surface area (Å²) in [4.78, 5) is 0. The van der Waals surface area contributed by atoms with E-state index in [9.17, 15) is 0 Å². The molecule has 0 aliphatic heterocycles. The Hall–Kier alpha value is -1.42. The molecule has 0 heterocycles. The Morgan fingerprint density at radius 3 is 2.20 bits per heavy atom. The van der Waals surface area contributed by atoms with Gasteiger partial charge in [0.1, 0.15) is 23.4 Å². The van der Waals surface area contributed by atoms with Gasteiger partial charge in [0.15, 0.2) is 0 Å². The van der Waals surface area contributed by atoms with Gasteiger partial charge in [0.25, 0.3) is 0 Å². The van der Waals surface area contributed by atoms with Crippen LogP contribution in [0.4, 0.5) is 0 Å². The van der Waals surface area contributed by atoms with Gasteiger partial charge in [-0.25, -0.2) is 0 Å². The molecule has 20 heavy (non-hydrogen) atoms. The first-order valence-electron chi connectivity index (χ1n) is 7.38.